The number of rotatable bonds is 6. The lowest BCUT2D eigenvalue weighted by Crippen LogP contribution is -2.41. The Morgan fingerprint density at radius 2 is 1.92 bits per heavy atom. The fourth-order valence-corrected chi connectivity index (χ4v) is 3.26. The summed E-state index contributed by atoms with van der Waals surface area (Å²) in [6, 6.07) is 8.80. The van der Waals surface area contributed by atoms with Crippen molar-refractivity contribution in [3.63, 3.8) is 0 Å². The molecule has 1 aromatic heterocycles. The SMILES string of the molecule is O=C(Nc1ccccc1C(=O)NCCN1CCOCC1)c1ccsc1. The van der Waals surface area contributed by atoms with Crippen molar-refractivity contribution in [2.24, 2.45) is 0 Å². The molecule has 6 nitrogen and oxygen atoms in total. The molecule has 7 heteroatoms. The Hall–Kier alpha value is -2.22. The molecule has 1 aliphatic rings. The number of carbonyl (C=O) groups is 2. The van der Waals surface area contributed by atoms with Gasteiger partial charge >= 0.3 is 0 Å². The fraction of sp³-hybridized carbons (Fsp3) is 0.333. The smallest absolute Gasteiger partial charge is 0.256 e. The molecule has 2 heterocycles. The molecule has 2 aromatic rings. The molecule has 2 N–H and O–H groups in total. The highest BCUT2D eigenvalue weighted by Gasteiger charge is 2.15. The van der Waals surface area contributed by atoms with Crippen LogP contribution in [0.4, 0.5) is 5.69 Å². The topological polar surface area (TPSA) is 70.7 Å². The van der Waals surface area contributed by atoms with Crippen molar-refractivity contribution in [1.82, 2.24) is 10.2 Å². The van der Waals surface area contributed by atoms with Gasteiger partial charge in [-0.2, -0.15) is 11.3 Å². The lowest BCUT2D eigenvalue weighted by molar-refractivity contribution is 0.0383. The molecule has 1 aromatic carbocycles. The summed E-state index contributed by atoms with van der Waals surface area (Å²) < 4.78 is 5.31. The van der Waals surface area contributed by atoms with Crippen molar-refractivity contribution < 1.29 is 14.3 Å². The largest absolute Gasteiger partial charge is 0.379 e. The number of benzene rings is 1. The third kappa shape index (κ3) is 4.88. The van der Waals surface area contributed by atoms with Crippen molar-refractivity contribution in [1.29, 1.82) is 0 Å². The zero-order valence-corrected chi connectivity index (χ0v) is 14.7. The number of hydrogen-bond acceptors (Lipinski definition) is 5. The van der Waals surface area contributed by atoms with E-state index in [4.69, 9.17) is 4.74 Å². The minimum absolute atomic E-state index is 0.186. The van der Waals surface area contributed by atoms with E-state index in [9.17, 15) is 9.59 Å². The van der Waals surface area contributed by atoms with Crippen LogP contribution in [-0.2, 0) is 4.74 Å². The summed E-state index contributed by atoms with van der Waals surface area (Å²) in [6.45, 7) is 4.62. The second-order valence-corrected chi connectivity index (χ2v) is 6.50. The fourth-order valence-electron chi connectivity index (χ4n) is 2.63. The van der Waals surface area contributed by atoms with Gasteiger partial charge in [0.1, 0.15) is 0 Å². The summed E-state index contributed by atoms with van der Waals surface area (Å²) in [5.74, 6) is -0.399. The van der Waals surface area contributed by atoms with Crippen LogP contribution in [0.2, 0.25) is 0 Å². The third-order valence-electron chi connectivity index (χ3n) is 4.02. The summed E-state index contributed by atoms with van der Waals surface area (Å²) in [5.41, 5.74) is 1.57. The highest BCUT2D eigenvalue weighted by atomic mass is 32.1. The molecule has 0 aliphatic carbocycles. The molecule has 0 atom stereocenters. The molecule has 132 valence electrons. The van der Waals surface area contributed by atoms with Crippen LogP contribution in [0, 0.1) is 0 Å². The maximum atomic E-state index is 12.5. The Kier molecular flexibility index (Phi) is 6.16. The van der Waals surface area contributed by atoms with E-state index in [0.717, 1.165) is 32.8 Å². The van der Waals surface area contributed by atoms with E-state index in [1.165, 1.54) is 11.3 Å². The second-order valence-electron chi connectivity index (χ2n) is 5.72. The zero-order valence-electron chi connectivity index (χ0n) is 13.9. The van der Waals surface area contributed by atoms with E-state index in [2.05, 4.69) is 15.5 Å². The molecule has 3 rings (SSSR count). The van der Waals surface area contributed by atoms with Crippen molar-refractivity contribution in [3.8, 4) is 0 Å². The van der Waals surface area contributed by atoms with Crippen molar-refractivity contribution in [3.05, 3.63) is 52.2 Å². The van der Waals surface area contributed by atoms with Gasteiger partial charge in [0.2, 0.25) is 0 Å². The number of para-hydroxylation sites is 1. The van der Waals surface area contributed by atoms with Gasteiger partial charge in [-0.1, -0.05) is 12.1 Å². The Labute approximate surface area is 150 Å². The van der Waals surface area contributed by atoms with Gasteiger partial charge in [0.25, 0.3) is 11.8 Å². The summed E-state index contributed by atoms with van der Waals surface area (Å²) in [6.07, 6.45) is 0. The first-order valence-electron chi connectivity index (χ1n) is 8.25. The molecule has 1 saturated heterocycles. The van der Waals surface area contributed by atoms with Crippen molar-refractivity contribution in [2.75, 3.05) is 44.7 Å². The van der Waals surface area contributed by atoms with Crippen molar-refractivity contribution >= 4 is 28.8 Å². The number of ether oxygens (including phenoxy) is 1. The van der Waals surface area contributed by atoms with E-state index in [0.29, 0.717) is 23.4 Å². The van der Waals surface area contributed by atoms with Crippen molar-refractivity contribution in [2.45, 2.75) is 0 Å². The number of hydrogen-bond donors (Lipinski definition) is 2. The summed E-state index contributed by atoms with van der Waals surface area (Å²) in [7, 11) is 0. The van der Waals surface area contributed by atoms with E-state index in [-0.39, 0.29) is 11.8 Å². The standard InChI is InChI=1S/C18H21N3O3S/c22-17(14-5-12-25-13-14)20-16-4-2-1-3-15(16)18(23)19-6-7-21-8-10-24-11-9-21/h1-5,12-13H,6-11H2,(H,19,23)(H,20,22). The maximum absolute atomic E-state index is 12.5. The first kappa shape index (κ1) is 17.6. The molecule has 0 saturated carbocycles. The predicted octanol–water partition coefficient (Wildman–Crippen LogP) is 2.06. The number of thiophene rings is 1. The van der Waals surface area contributed by atoms with E-state index >= 15 is 0 Å². The van der Waals surface area contributed by atoms with Gasteiger partial charge in [0.05, 0.1) is 30.0 Å². The van der Waals surface area contributed by atoms with Gasteiger partial charge in [-0.25, -0.2) is 0 Å². The van der Waals surface area contributed by atoms with Gasteiger partial charge in [-0.05, 0) is 23.6 Å². The van der Waals surface area contributed by atoms with Gasteiger partial charge in [-0.3, -0.25) is 14.5 Å². The monoisotopic (exact) mass is 359 g/mol. The van der Waals surface area contributed by atoms with Crippen LogP contribution in [0.3, 0.4) is 0 Å². The number of nitrogens with one attached hydrogen (secondary N) is 2. The van der Waals surface area contributed by atoms with Gasteiger partial charge < -0.3 is 15.4 Å². The molecule has 0 unspecified atom stereocenters. The minimum Gasteiger partial charge on any atom is -0.379 e. The lowest BCUT2D eigenvalue weighted by atomic mass is 10.1. The minimum atomic E-state index is -0.213. The van der Waals surface area contributed by atoms with Crippen LogP contribution in [0.15, 0.2) is 41.1 Å². The van der Waals surface area contributed by atoms with Gasteiger partial charge in [0.15, 0.2) is 0 Å². The third-order valence-corrected chi connectivity index (χ3v) is 4.70. The average Bonchev–Trinajstić information content (AvgIpc) is 3.18. The summed E-state index contributed by atoms with van der Waals surface area (Å²) >= 11 is 1.46. The predicted molar refractivity (Wildman–Crippen MR) is 98.3 cm³/mol. The Morgan fingerprint density at radius 1 is 1.12 bits per heavy atom. The normalized spacial score (nSPS) is 14.9. The Balaban J connectivity index is 1.57. The first-order chi connectivity index (χ1) is 12.2. The van der Waals surface area contributed by atoms with Crippen LogP contribution >= 0.6 is 11.3 Å². The summed E-state index contributed by atoms with van der Waals surface area (Å²) in [5, 5.41) is 9.36. The molecule has 0 radical (unpaired) electrons. The second kappa shape index (κ2) is 8.75. The molecular formula is C18H21N3O3S. The highest BCUT2D eigenvalue weighted by molar-refractivity contribution is 7.08. The quantitative estimate of drug-likeness (QED) is 0.828. The van der Waals surface area contributed by atoms with Crippen LogP contribution in [0.5, 0.6) is 0 Å². The molecular weight excluding hydrogens is 338 g/mol. The molecule has 2 amide bonds. The lowest BCUT2D eigenvalue weighted by Gasteiger charge is -2.26. The first-order valence-corrected chi connectivity index (χ1v) is 9.19. The molecule has 1 aliphatic heterocycles. The number of amides is 2. The zero-order chi connectivity index (χ0) is 17.5. The van der Waals surface area contributed by atoms with E-state index < -0.39 is 0 Å². The number of anilines is 1. The van der Waals surface area contributed by atoms with Gasteiger partial charge in [-0.15, -0.1) is 0 Å². The molecule has 0 bridgehead atoms. The van der Waals surface area contributed by atoms with E-state index in [1.54, 1.807) is 35.7 Å². The van der Waals surface area contributed by atoms with Crippen LogP contribution in [0.1, 0.15) is 20.7 Å². The molecule has 0 spiro atoms. The Morgan fingerprint density at radius 3 is 2.68 bits per heavy atom. The molecule has 25 heavy (non-hydrogen) atoms. The number of carbonyl (C=O) groups excluding carboxylic acids is 2. The highest BCUT2D eigenvalue weighted by Crippen LogP contribution is 2.17. The van der Waals surface area contributed by atoms with Crippen LogP contribution in [0.25, 0.3) is 0 Å². The molecule has 1 fully saturated rings. The number of morpholine rings is 1. The summed E-state index contributed by atoms with van der Waals surface area (Å²) in [4.78, 5) is 26.9. The maximum Gasteiger partial charge on any atom is 0.256 e. The van der Waals surface area contributed by atoms with Crippen LogP contribution < -0.4 is 10.6 Å². The van der Waals surface area contributed by atoms with Crippen LogP contribution in [-0.4, -0.2) is 56.1 Å². The van der Waals surface area contributed by atoms with Gasteiger partial charge in [0, 0.05) is 31.6 Å². The van der Waals surface area contributed by atoms with E-state index in [1.807, 2.05) is 5.38 Å². The number of nitrogens with zero attached hydrogens (tertiary/aromatic N) is 1. The average molecular weight is 359 g/mol. The Bertz CT molecular complexity index is 712.